The van der Waals surface area contributed by atoms with E-state index in [1.165, 1.54) is 26.3 Å². The lowest BCUT2D eigenvalue weighted by Crippen LogP contribution is -2.24. The first-order valence-corrected chi connectivity index (χ1v) is 7.83. The largest absolute Gasteiger partial charge is 0.497 e. The Labute approximate surface area is 146 Å². The Morgan fingerprint density at radius 3 is 2.50 bits per heavy atom. The first kappa shape index (κ1) is 16.2. The van der Waals surface area contributed by atoms with Gasteiger partial charge in [-0.1, -0.05) is 0 Å². The maximum atomic E-state index is 12.5. The van der Waals surface area contributed by atoms with E-state index in [4.69, 9.17) is 4.74 Å². The minimum atomic E-state index is -0.381. The molecule has 3 amide bonds. The lowest BCUT2D eigenvalue weighted by atomic mass is 10.1. The highest BCUT2D eigenvalue weighted by Gasteiger charge is 2.32. The quantitative estimate of drug-likeness (QED) is 0.820. The topological polar surface area (TPSA) is 75.7 Å². The summed E-state index contributed by atoms with van der Waals surface area (Å²) in [6.45, 7) is 0. The Morgan fingerprint density at radius 2 is 1.79 bits per heavy atom. The van der Waals surface area contributed by atoms with Crippen LogP contribution in [-0.4, -0.2) is 36.8 Å². The summed E-state index contributed by atoms with van der Waals surface area (Å²) in [5.74, 6) is -0.525. The third-order valence-corrected chi connectivity index (χ3v) is 4.46. The average molecular weight is 389 g/mol. The van der Waals surface area contributed by atoms with Crippen LogP contribution in [0.15, 0.2) is 40.9 Å². The molecular formula is C17H13BrN2O4. The molecule has 1 aliphatic rings. The van der Waals surface area contributed by atoms with E-state index in [2.05, 4.69) is 21.2 Å². The second-order valence-electron chi connectivity index (χ2n) is 5.23. The lowest BCUT2D eigenvalue weighted by molar-refractivity contribution is 0.0692. The van der Waals surface area contributed by atoms with Crippen LogP contribution in [0.1, 0.15) is 31.1 Å². The maximum absolute atomic E-state index is 12.5. The predicted octanol–water partition coefficient (Wildman–Crippen LogP) is 2.94. The molecule has 0 fully saturated rings. The van der Waals surface area contributed by atoms with E-state index in [9.17, 15) is 14.4 Å². The van der Waals surface area contributed by atoms with Crippen molar-refractivity contribution in [3.05, 3.63) is 57.6 Å². The fraction of sp³-hybridized carbons (Fsp3) is 0.118. The van der Waals surface area contributed by atoms with Crippen molar-refractivity contribution >= 4 is 39.3 Å². The third kappa shape index (κ3) is 2.67. The molecule has 0 saturated heterocycles. The molecule has 2 aromatic carbocycles. The molecule has 3 rings (SSSR count). The maximum Gasteiger partial charge on any atom is 0.261 e. The van der Waals surface area contributed by atoms with Crippen LogP contribution in [0.3, 0.4) is 0 Å². The fourth-order valence-corrected chi connectivity index (χ4v) is 2.87. The lowest BCUT2D eigenvalue weighted by Gasteiger charge is -2.09. The number of benzene rings is 2. The van der Waals surface area contributed by atoms with Gasteiger partial charge in [-0.25, -0.2) is 0 Å². The summed E-state index contributed by atoms with van der Waals surface area (Å²) in [6, 6.07) is 9.69. The van der Waals surface area contributed by atoms with E-state index in [0.29, 0.717) is 27.0 Å². The van der Waals surface area contributed by atoms with Gasteiger partial charge in [-0.05, 0) is 52.3 Å². The van der Waals surface area contributed by atoms with E-state index in [1.54, 1.807) is 24.3 Å². The number of carbonyl (C=O) groups is 3. The number of nitrogens with zero attached hydrogens (tertiary/aromatic N) is 1. The number of methoxy groups -OCH3 is 1. The van der Waals surface area contributed by atoms with Crippen LogP contribution >= 0.6 is 15.9 Å². The van der Waals surface area contributed by atoms with Gasteiger partial charge in [-0.3, -0.25) is 19.3 Å². The summed E-state index contributed by atoms with van der Waals surface area (Å²) >= 11 is 3.33. The number of nitrogens with one attached hydrogen (secondary N) is 1. The van der Waals surface area contributed by atoms with Crippen molar-refractivity contribution < 1.29 is 19.1 Å². The molecule has 0 aliphatic carbocycles. The number of carbonyl (C=O) groups excluding carboxylic acids is 3. The minimum absolute atomic E-state index is 0.282. The zero-order valence-corrected chi connectivity index (χ0v) is 14.5. The van der Waals surface area contributed by atoms with Crippen molar-refractivity contribution in [1.29, 1.82) is 0 Å². The Balaban J connectivity index is 1.89. The number of halogens is 1. The molecule has 1 N–H and O–H groups in total. The van der Waals surface area contributed by atoms with E-state index >= 15 is 0 Å². The van der Waals surface area contributed by atoms with Crippen molar-refractivity contribution in [2.75, 3.05) is 19.5 Å². The number of rotatable bonds is 3. The summed E-state index contributed by atoms with van der Waals surface area (Å²) in [6.07, 6.45) is 0. The fourth-order valence-electron chi connectivity index (χ4n) is 2.44. The molecule has 0 aromatic heterocycles. The molecular weight excluding hydrogens is 376 g/mol. The monoisotopic (exact) mass is 388 g/mol. The van der Waals surface area contributed by atoms with Gasteiger partial charge >= 0.3 is 0 Å². The highest BCUT2D eigenvalue weighted by atomic mass is 79.9. The summed E-state index contributed by atoms with van der Waals surface area (Å²) in [5.41, 5.74) is 1.45. The Kier molecular flexibility index (Phi) is 4.11. The number of anilines is 1. The molecule has 0 radical (unpaired) electrons. The van der Waals surface area contributed by atoms with Crippen LogP contribution in [0.2, 0.25) is 0 Å². The Bertz CT molecular complexity index is 879. The van der Waals surface area contributed by atoms with Crippen molar-refractivity contribution in [2.24, 2.45) is 0 Å². The number of imide groups is 1. The van der Waals surface area contributed by atoms with Gasteiger partial charge in [0.05, 0.1) is 23.8 Å². The molecule has 0 spiro atoms. The number of amides is 3. The molecule has 7 heteroatoms. The zero-order valence-electron chi connectivity index (χ0n) is 12.9. The van der Waals surface area contributed by atoms with Gasteiger partial charge in [0.1, 0.15) is 5.75 Å². The number of ether oxygens (including phenoxy) is 1. The summed E-state index contributed by atoms with van der Waals surface area (Å²) in [7, 11) is 2.95. The summed E-state index contributed by atoms with van der Waals surface area (Å²) < 4.78 is 5.74. The molecule has 1 heterocycles. The van der Waals surface area contributed by atoms with Crippen molar-refractivity contribution in [1.82, 2.24) is 4.90 Å². The SMILES string of the molecule is COc1ccc(Br)c(C(=O)Nc2ccc3c(c2)C(=O)N(C)C3=O)c1. The van der Waals surface area contributed by atoms with Crippen LogP contribution in [0.25, 0.3) is 0 Å². The Morgan fingerprint density at radius 1 is 1.08 bits per heavy atom. The van der Waals surface area contributed by atoms with Gasteiger partial charge in [-0.15, -0.1) is 0 Å². The van der Waals surface area contributed by atoms with Crippen LogP contribution in [0, 0.1) is 0 Å². The van der Waals surface area contributed by atoms with Crippen LogP contribution in [-0.2, 0) is 0 Å². The second-order valence-corrected chi connectivity index (χ2v) is 6.08. The normalized spacial score (nSPS) is 13.0. The number of hydrogen-bond donors (Lipinski definition) is 1. The second kappa shape index (κ2) is 6.09. The summed E-state index contributed by atoms with van der Waals surface area (Å²) in [5, 5.41) is 2.72. The first-order valence-electron chi connectivity index (χ1n) is 7.03. The van der Waals surface area contributed by atoms with E-state index in [1.807, 2.05) is 0 Å². The van der Waals surface area contributed by atoms with Gasteiger partial charge in [0, 0.05) is 17.2 Å². The molecule has 6 nitrogen and oxygen atoms in total. The molecule has 0 saturated carbocycles. The standard InChI is InChI=1S/C17H13BrN2O4/c1-20-16(22)11-5-3-9(7-12(11)17(20)23)19-15(21)13-8-10(24-2)4-6-14(13)18/h3-8H,1-2H3,(H,19,21). The smallest absolute Gasteiger partial charge is 0.261 e. The van der Waals surface area contributed by atoms with Gasteiger partial charge in [0.15, 0.2) is 0 Å². The molecule has 1 aliphatic heterocycles. The molecule has 0 unspecified atom stereocenters. The van der Waals surface area contributed by atoms with Crippen molar-refractivity contribution in [3.8, 4) is 5.75 Å². The van der Waals surface area contributed by atoms with Gasteiger partial charge in [-0.2, -0.15) is 0 Å². The Hall–Kier alpha value is -2.67. The molecule has 0 atom stereocenters. The molecule has 122 valence electrons. The van der Waals surface area contributed by atoms with E-state index < -0.39 is 0 Å². The molecule has 2 aromatic rings. The van der Waals surface area contributed by atoms with Gasteiger partial charge in [0.2, 0.25) is 0 Å². The zero-order chi connectivity index (χ0) is 17.4. The molecule has 24 heavy (non-hydrogen) atoms. The highest BCUT2D eigenvalue weighted by molar-refractivity contribution is 9.10. The summed E-state index contributed by atoms with van der Waals surface area (Å²) in [4.78, 5) is 37.4. The molecule has 0 bridgehead atoms. The average Bonchev–Trinajstić information content (AvgIpc) is 2.79. The first-order chi connectivity index (χ1) is 11.4. The van der Waals surface area contributed by atoms with E-state index in [-0.39, 0.29) is 23.3 Å². The highest BCUT2D eigenvalue weighted by Crippen LogP contribution is 2.27. The van der Waals surface area contributed by atoms with Crippen molar-refractivity contribution in [3.63, 3.8) is 0 Å². The van der Waals surface area contributed by atoms with Gasteiger partial charge in [0.25, 0.3) is 17.7 Å². The number of hydrogen-bond acceptors (Lipinski definition) is 4. The van der Waals surface area contributed by atoms with E-state index in [0.717, 1.165) is 4.90 Å². The van der Waals surface area contributed by atoms with Crippen LogP contribution in [0.5, 0.6) is 5.75 Å². The minimum Gasteiger partial charge on any atom is -0.497 e. The van der Waals surface area contributed by atoms with Crippen LogP contribution < -0.4 is 10.1 Å². The van der Waals surface area contributed by atoms with Crippen molar-refractivity contribution in [2.45, 2.75) is 0 Å². The third-order valence-electron chi connectivity index (χ3n) is 3.77. The van der Waals surface area contributed by atoms with Crippen LogP contribution in [0.4, 0.5) is 5.69 Å². The van der Waals surface area contributed by atoms with Gasteiger partial charge < -0.3 is 10.1 Å². The number of fused-ring (bicyclic) bond motifs is 1. The predicted molar refractivity (Wildman–Crippen MR) is 91.5 cm³/mol.